The summed E-state index contributed by atoms with van der Waals surface area (Å²) in [4.78, 5) is 44.1. The number of para-hydroxylation sites is 1. The number of benzene rings is 4. The third kappa shape index (κ3) is 6.92. The third-order valence-electron chi connectivity index (χ3n) is 7.93. The Morgan fingerprint density at radius 1 is 0.940 bits per heavy atom. The predicted molar refractivity (Wildman–Crippen MR) is 189 cm³/mol. The van der Waals surface area contributed by atoms with Gasteiger partial charge < -0.3 is 18.9 Å². The highest BCUT2D eigenvalue weighted by Crippen LogP contribution is 2.36. The summed E-state index contributed by atoms with van der Waals surface area (Å²) in [5, 5.41) is 11.1. The van der Waals surface area contributed by atoms with E-state index in [0.29, 0.717) is 61.1 Å². The van der Waals surface area contributed by atoms with E-state index in [9.17, 15) is 19.7 Å². The average molecular weight is 692 g/mol. The first-order chi connectivity index (χ1) is 24.3. The van der Waals surface area contributed by atoms with E-state index in [1.54, 1.807) is 43.3 Å². The van der Waals surface area contributed by atoms with Crippen LogP contribution in [0.3, 0.4) is 0 Å². The Balaban J connectivity index is 1.51. The summed E-state index contributed by atoms with van der Waals surface area (Å²) < 4.78 is 24.9. The van der Waals surface area contributed by atoms with Crippen LogP contribution in [0.15, 0.2) is 112 Å². The Labute approximate surface area is 291 Å². The number of nitrogens with zero attached hydrogens (tertiary/aromatic N) is 3. The van der Waals surface area contributed by atoms with Crippen molar-refractivity contribution in [2.45, 2.75) is 26.5 Å². The van der Waals surface area contributed by atoms with Crippen molar-refractivity contribution in [1.82, 2.24) is 4.57 Å². The zero-order valence-electron chi connectivity index (χ0n) is 27.5. The minimum Gasteiger partial charge on any atom is -0.494 e. The molecule has 0 spiro atoms. The first-order valence-electron chi connectivity index (χ1n) is 15.9. The number of nitro groups is 1. The Hall–Kier alpha value is -6.01. The Morgan fingerprint density at radius 3 is 2.34 bits per heavy atom. The molecule has 1 aliphatic rings. The number of rotatable bonds is 12. The zero-order valence-corrected chi connectivity index (χ0v) is 28.3. The molecule has 1 aromatic heterocycles. The van der Waals surface area contributed by atoms with Crippen LogP contribution in [0.4, 0.5) is 5.69 Å². The van der Waals surface area contributed by atoms with Gasteiger partial charge in [-0.05, 0) is 61.4 Å². The molecule has 0 radical (unpaired) electrons. The molecule has 0 unspecified atom stereocenters. The minimum atomic E-state index is -0.846. The summed E-state index contributed by atoms with van der Waals surface area (Å²) in [6, 6.07) is 27.2. The fourth-order valence-electron chi connectivity index (χ4n) is 5.64. The maximum absolute atomic E-state index is 14.4. The molecule has 5 aromatic rings. The number of aromatic nitrogens is 1. The highest BCUT2D eigenvalue weighted by molar-refractivity contribution is 7.07. The summed E-state index contributed by atoms with van der Waals surface area (Å²) >= 11 is 1.19. The summed E-state index contributed by atoms with van der Waals surface area (Å²) in [6.45, 7) is 4.36. The van der Waals surface area contributed by atoms with Crippen molar-refractivity contribution in [3.8, 4) is 17.2 Å². The van der Waals surface area contributed by atoms with Gasteiger partial charge in [0.05, 0.1) is 47.1 Å². The van der Waals surface area contributed by atoms with Crippen molar-refractivity contribution in [3.63, 3.8) is 0 Å². The number of carbonyl (C=O) groups excluding carboxylic acids is 1. The van der Waals surface area contributed by atoms with Crippen molar-refractivity contribution < 1.29 is 28.7 Å². The van der Waals surface area contributed by atoms with E-state index in [0.717, 1.165) is 0 Å². The van der Waals surface area contributed by atoms with Gasteiger partial charge in [-0.3, -0.25) is 19.5 Å². The van der Waals surface area contributed by atoms with Crippen molar-refractivity contribution >= 4 is 34.8 Å². The van der Waals surface area contributed by atoms with Crippen LogP contribution >= 0.6 is 11.3 Å². The number of hydrogen-bond acceptors (Lipinski definition) is 10. The maximum atomic E-state index is 14.4. The molecule has 50 heavy (non-hydrogen) atoms. The van der Waals surface area contributed by atoms with Crippen LogP contribution in [0, 0.1) is 10.1 Å². The first-order valence-corrected chi connectivity index (χ1v) is 16.7. The van der Waals surface area contributed by atoms with E-state index < -0.39 is 16.9 Å². The number of hydrogen-bond donors (Lipinski definition) is 0. The zero-order chi connectivity index (χ0) is 35.2. The topological polar surface area (TPSA) is 131 Å². The molecular weight excluding hydrogens is 658 g/mol. The lowest BCUT2D eigenvalue weighted by Crippen LogP contribution is -2.40. The van der Waals surface area contributed by atoms with Crippen LogP contribution in [-0.2, 0) is 16.1 Å². The van der Waals surface area contributed by atoms with Gasteiger partial charge in [0.1, 0.15) is 12.4 Å². The van der Waals surface area contributed by atoms with Gasteiger partial charge in [0.15, 0.2) is 16.3 Å². The first kappa shape index (κ1) is 33.9. The number of nitro benzene ring substituents is 1. The van der Waals surface area contributed by atoms with Crippen molar-refractivity contribution in [2.75, 3.05) is 20.3 Å². The molecule has 6 rings (SSSR count). The van der Waals surface area contributed by atoms with Gasteiger partial charge in [0.25, 0.3) is 11.2 Å². The molecule has 0 amide bonds. The van der Waals surface area contributed by atoms with Crippen molar-refractivity contribution in [2.24, 2.45) is 4.99 Å². The Bertz CT molecular complexity index is 2240. The van der Waals surface area contributed by atoms with E-state index in [2.05, 4.69) is 0 Å². The second-order valence-electron chi connectivity index (χ2n) is 11.0. The van der Waals surface area contributed by atoms with E-state index in [1.807, 2.05) is 61.5 Å². The van der Waals surface area contributed by atoms with Crippen molar-refractivity contribution in [3.05, 3.63) is 155 Å². The fraction of sp³-hybridized carbons (Fsp3) is 0.184. The number of esters is 1. The number of carbonyl (C=O) groups is 1. The summed E-state index contributed by atoms with van der Waals surface area (Å²) in [7, 11) is 1.52. The van der Waals surface area contributed by atoms with Gasteiger partial charge in [0, 0.05) is 23.3 Å². The van der Waals surface area contributed by atoms with Gasteiger partial charge in [0.2, 0.25) is 0 Å². The number of non-ortho nitro benzene ring substituents is 1. The Morgan fingerprint density at radius 2 is 1.68 bits per heavy atom. The van der Waals surface area contributed by atoms with Crippen LogP contribution in [-0.4, -0.2) is 35.8 Å². The van der Waals surface area contributed by atoms with Gasteiger partial charge in [-0.2, -0.15) is 0 Å². The molecule has 2 heterocycles. The van der Waals surface area contributed by atoms with Crippen LogP contribution in [0.5, 0.6) is 17.2 Å². The number of thiazole rings is 1. The van der Waals surface area contributed by atoms with E-state index in [-0.39, 0.29) is 30.0 Å². The van der Waals surface area contributed by atoms with Crippen LogP contribution < -0.4 is 29.1 Å². The molecule has 1 aliphatic heterocycles. The molecule has 0 saturated heterocycles. The lowest BCUT2D eigenvalue weighted by atomic mass is 9.93. The lowest BCUT2D eigenvalue weighted by Gasteiger charge is -2.26. The Kier molecular flexibility index (Phi) is 10.2. The van der Waals surface area contributed by atoms with Gasteiger partial charge in [-0.25, -0.2) is 9.79 Å². The average Bonchev–Trinajstić information content (AvgIpc) is 3.45. The van der Waals surface area contributed by atoms with Gasteiger partial charge >= 0.3 is 5.97 Å². The molecule has 0 bridgehead atoms. The van der Waals surface area contributed by atoms with E-state index in [1.165, 1.54) is 35.1 Å². The minimum absolute atomic E-state index is 0.0211. The monoisotopic (exact) mass is 691 g/mol. The van der Waals surface area contributed by atoms with Gasteiger partial charge in [-0.15, -0.1) is 0 Å². The molecule has 11 nitrogen and oxygen atoms in total. The fourth-order valence-corrected chi connectivity index (χ4v) is 6.63. The van der Waals surface area contributed by atoms with Crippen LogP contribution in [0.1, 0.15) is 42.1 Å². The molecule has 0 N–H and O–H groups in total. The van der Waals surface area contributed by atoms with Crippen LogP contribution in [0.2, 0.25) is 0 Å². The molecule has 4 aromatic carbocycles. The SMILES string of the molecule is CCOC(=O)C1=C(c2ccccc2)N=c2s/c(=C\c3cccc(OC)c3OCc3ccc([N+](=O)[O-])cc3)c(=O)n2[C@H]1c1ccc(OCC)cc1. The molecule has 12 heteroatoms. The highest BCUT2D eigenvalue weighted by Gasteiger charge is 2.35. The smallest absolute Gasteiger partial charge is 0.338 e. The normalized spacial score (nSPS) is 14.1. The molecule has 0 aliphatic carbocycles. The van der Waals surface area contributed by atoms with E-state index >= 15 is 0 Å². The van der Waals surface area contributed by atoms with Gasteiger partial charge in [-0.1, -0.05) is 65.9 Å². The second-order valence-corrected chi connectivity index (χ2v) is 12.0. The number of ether oxygens (including phenoxy) is 4. The van der Waals surface area contributed by atoms with E-state index in [4.69, 9.17) is 23.9 Å². The lowest BCUT2D eigenvalue weighted by molar-refractivity contribution is -0.384. The summed E-state index contributed by atoms with van der Waals surface area (Å²) in [5.74, 6) is 0.919. The highest BCUT2D eigenvalue weighted by atomic mass is 32.1. The maximum Gasteiger partial charge on any atom is 0.338 e. The second kappa shape index (κ2) is 15.0. The summed E-state index contributed by atoms with van der Waals surface area (Å²) in [5.41, 5.74) is 2.96. The predicted octanol–water partition coefficient (Wildman–Crippen LogP) is 5.83. The molecular formula is C38H33N3O8S. The molecule has 254 valence electrons. The number of methoxy groups -OCH3 is 1. The molecule has 1 atom stereocenters. The molecule has 0 saturated carbocycles. The third-order valence-corrected chi connectivity index (χ3v) is 8.91. The number of fused-ring (bicyclic) bond motifs is 1. The van der Waals surface area contributed by atoms with Crippen LogP contribution in [0.25, 0.3) is 11.8 Å². The van der Waals surface area contributed by atoms with Crippen molar-refractivity contribution in [1.29, 1.82) is 0 Å². The standard InChI is InChI=1S/C38H33N3O8S/c1-4-47-29-20-16-26(17-21-29)34-32(37(43)48-5-2)33(25-10-7-6-8-11-25)39-38-40(34)36(42)31(50-38)22-27-12-9-13-30(46-3)35(27)49-23-24-14-18-28(19-15-24)41(44)45/h6-22,34H,4-5,23H2,1-3H3/b31-22-/t34-/m0/s1. The summed E-state index contributed by atoms with van der Waals surface area (Å²) in [6.07, 6.45) is 1.71. The quantitative estimate of drug-likeness (QED) is 0.0908. The molecule has 0 fully saturated rings. The largest absolute Gasteiger partial charge is 0.494 e.